The maximum absolute atomic E-state index is 14.1. The molecule has 21 nitrogen and oxygen atoms in total. The van der Waals surface area contributed by atoms with Gasteiger partial charge in [-0.1, -0.05) is 125 Å². The van der Waals surface area contributed by atoms with E-state index in [1.54, 1.807) is 44.2 Å². The summed E-state index contributed by atoms with van der Waals surface area (Å²) >= 11 is 0. The maximum atomic E-state index is 14.1. The van der Waals surface area contributed by atoms with Crippen LogP contribution in [0.1, 0.15) is 134 Å². The Balaban J connectivity index is 1.32. The quantitative estimate of drug-likeness (QED) is 0.0289. The Morgan fingerprint density at radius 3 is 1.80 bits per heavy atom. The van der Waals surface area contributed by atoms with E-state index in [-0.39, 0.29) is 88.1 Å². The first-order valence-electron chi connectivity index (χ1n) is 29.0. The third-order valence-electron chi connectivity index (χ3n) is 14.0. The molecule has 8 N–H and O–H groups in total. The molecule has 3 aromatic rings. The molecule has 3 aromatic carbocycles. The summed E-state index contributed by atoms with van der Waals surface area (Å²) in [6, 6.07) is 23.1. The van der Waals surface area contributed by atoms with Crippen LogP contribution in [-0.4, -0.2) is 152 Å². The normalized spacial score (nSPS) is 15.4. The van der Waals surface area contributed by atoms with E-state index < -0.39 is 93.7 Å². The molecule has 4 rings (SSSR count). The van der Waals surface area contributed by atoms with Gasteiger partial charge in [0.25, 0.3) is 10.1 Å². The van der Waals surface area contributed by atoms with Crippen LogP contribution in [0.3, 0.4) is 0 Å². The number of nitrogens with one attached hydrogen (secondary N) is 6. The minimum absolute atomic E-state index is 0.0251. The molecule has 1 aliphatic heterocycles. The number of benzene rings is 3. The largest absolute Gasteiger partial charge is 0.481 e. The summed E-state index contributed by atoms with van der Waals surface area (Å²) in [5.74, 6) is -5.10. The molecule has 1 saturated heterocycles. The summed E-state index contributed by atoms with van der Waals surface area (Å²) in [7, 11) is -4.19. The average molecular weight is 1180 g/mol. The first-order chi connectivity index (χ1) is 39.5. The zero-order valence-electron chi connectivity index (χ0n) is 48.9. The second-order valence-electron chi connectivity index (χ2n) is 22.4. The third kappa shape index (κ3) is 27.6. The van der Waals surface area contributed by atoms with E-state index in [0.717, 1.165) is 18.1 Å². The highest BCUT2D eigenvalue weighted by Gasteiger charge is 2.40. The number of ketones is 1. The fourth-order valence-corrected chi connectivity index (χ4v) is 10.5. The van der Waals surface area contributed by atoms with E-state index in [1.165, 1.54) is 0 Å². The number of hydrogen-bond acceptors (Lipinski definition) is 14. The molecule has 0 spiro atoms. The number of rotatable bonds is 39. The highest BCUT2D eigenvalue weighted by atomic mass is 32.2. The Morgan fingerprint density at radius 1 is 0.614 bits per heavy atom. The molecule has 22 heteroatoms. The van der Waals surface area contributed by atoms with Crippen molar-refractivity contribution >= 4 is 57.3 Å². The van der Waals surface area contributed by atoms with E-state index in [2.05, 4.69) is 31.9 Å². The Hall–Kier alpha value is -6.59. The van der Waals surface area contributed by atoms with Crippen molar-refractivity contribution < 1.29 is 65.9 Å². The van der Waals surface area contributed by atoms with Gasteiger partial charge in [0.05, 0.1) is 37.6 Å². The number of morpholine rings is 1. The van der Waals surface area contributed by atoms with Crippen LogP contribution in [0.4, 0.5) is 0 Å². The van der Waals surface area contributed by atoms with Crippen LogP contribution < -0.4 is 31.9 Å². The second kappa shape index (κ2) is 36.2. The van der Waals surface area contributed by atoms with Crippen molar-refractivity contribution in [2.45, 2.75) is 160 Å². The van der Waals surface area contributed by atoms with Gasteiger partial charge in [-0.15, -0.1) is 0 Å². The van der Waals surface area contributed by atoms with E-state index in [1.807, 2.05) is 79.4 Å². The molecule has 83 heavy (non-hydrogen) atoms. The number of carbonyl (C=O) groups is 8. The van der Waals surface area contributed by atoms with Gasteiger partial charge in [0, 0.05) is 45.3 Å². The molecule has 458 valence electrons. The monoisotopic (exact) mass is 1180 g/mol. The van der Waals surface area contributed by atoms with E-state index in [9.17, 15) is 51.9 Å². The maximum Gasteiger partial charge on any atom is 0.303 e. The molecule has 1 fully saturated rings. The number of amides is 6. The Labute approximate surface area is 489 Å². The SMILES string of the molecule is CC(C)C[C@H](NC(=O)CCC(NC(=O)[C@H](CCc1ccccc1)NC(=O)CN1CCOCC1)c1ccccc1)C(=O)NCCCCC(=O)N[C@@H](Cc1ccccc1)C(=O)N[C@@H](CC(C)C)C(=O)[C@](C)(O)COS(=O)(=O)CCCCCC(=O)O. The van der Waals surface area contributed by atoms with Crippen molar-refractivity contribution in [2.24, 2.45) is 11.8 Å². The lowest BCUT2D eigenvalue weighted by Crippen LogP contribution is -2.57. The fourth-order valence-electron chi connectivity index (χ4n) is 9.44. The zero-order valence-corrected chi connectivity index (χ0v) is 49.7. The number of aryl methyl sites for hydroxylation is 1. The molecule has 6 amide bonds. The predicted octanol–water partition coefficient (Wildman–Crippen LogP) is 4.46. The molecule has 0 radical (unpaired) electrons. The zero-order chi connectivity index (χ0) is 60.8. The average Bonchev–Trinajstić information content (AvgIpc) is 3.63. The molecule has 1 heterocycles. The van der Waals surface area contributed by atoms with Crippen molar-refractivity contribution in [3.63, 3.8) is 0 Å². The first kappa shape index (κ1) is 68.9. The standard InChI is InChI=1S/C61H89N7O14S/c1-43(2)38-50(57(74)61(5,78)42-82-83(79,80)37-19-9-16-27-56(72)73)67-60(77)52(40-46-22-12-7-13-23-46)65-53(69)26-17-18-32-62-58(75)51(39-44(3)4)64-54(70)31-30-48(47-24-14-8-15-25-47)66-59(76)49(29-28-45-20-10-6-11-21-45)63-55(71)41-68-33-35-81-36-34-68/h6-8,10-15,20-25,43-44,48-52,78H,9,16-19,26-42H2,1-5H3,(H,62,75)(H,63,71)(H,64,70)(H,65,69)(H,66,76)(H,67,77)(H,72,73)/t48?,49-,50-,51-,52-,61+/m0/s1. The van der Waals surface area contributed by atoms with Crippen LogP contribution >= 0.6 is 0 Å². The van der Waals surface area contributed by atoms with Crippen molar-refractivity contribution in [2.75, 3.05) is 51.8 Å². The molecule has 0 bridgehead atoms. The molecule has 1 aliphatic rings. The van der Waals surface area contributed by atoms with Crippen molar-refractivity contribution in [3.05, 3.63) is 108 Å². The summed E-state index contributed by atoms with van der Waals surface area (Å²) in [5, 5.41) is 37.4. The first-order valence-corrected chi connectivity index (χ1v) is 30.6. The van der Waals surface area contributed by atoms with Crippen LogP contribution in [0.25, 0.3) is 0 Å². The lowest BCUT2D eigenvalue weighted by molar-refractivity contribution is -0.143. The number of ether oxygens (including phenoxy) is 1. The second-order valence-corrected chi connectivity index (χ2v) is 24.2. The molecule has 6 atom stereocenters. The smallest absolute Gasteiger partial charge is 0.303 e. The lowest BCUT2D eigenvalue weighted by Gasteiger charge is -2.29. The van der Waals surface area contributed by atoms with Crippen LogP contribution in [-0.2, 0) is 70.2 Å². The lowest BCUT2D eigenvalue weighted by atomic mass is 9.90. The topological polar surface area (TPSA) is 305 Å². The molecule has 0 aliphatic carbocycles. The minimum atomic E-state index is -4.19. The molecular formula is C61H89N7O14S. The van der Waals surface area contributed by atoms with Gasteiger partial charge in [0.1, 0.15) is 30.3 Å². The molecule has 0 saturated carbocycles. The summed E-state index contributed by atoms with van der Waals surface area (Å²) in [6.45, 7) is 10.2. The highest BCUT2D eigenvalue weighted by Crippen LogP contribution is 2.21. The Kier molecular flexibility index (Phi) is 30.0. The van der Waals surface area contributed by atoms with E-state index in [4.69, 9.17) is 14.0 Å². The van der Waals surface area contributed by atoms with Crippen LogP contribution in [0.5, 0.6) is 0 Å². The number of carboxylic acid groups (broad SMARTS) is 1. The number of aliphatic hydroxyl groups is 1. The van der Waals surface area contributed by atoms with Crippen LogP contribution in [0.2, 0.25) is 0 Å². The number of carboxylic acids is 1. The fraction of sp³-hybridized carbons (Fsp3) is 0.574. The van der Waals surface area contributed by atoms with Gasteiger partial charge in [-0.05, 0) is 93.2 Å². The van der Waals surface area contributed by atoms with Gasteiger partial charge in [0.2, 0.25) is 35.4 Å². The number of carbonyl (C=O) groups excluding carboxylic acids is 7. The molecular weight excluding hydrogens is 1090 g/mol. The summed E-state index contributed by atoms with van der Waals surface area (Å²) in [6.07, 6.45) is 2.78. The number of Topliss-reactive ketones (excluding diaryl/α,β-unsaturated/α-hetero) is 1. The van der Waals surface area contributed by atoms with E-state index >= 15 is 0 Å². The summed E-state index contributed by atoms with van der Waals surface area (Å²) in [4.78, 5) is 109. The molecule has 1 unspecified atom stereocenters. The summed E-state index contributed by atoms with van der Waals surface area (Å²) < 4.78 is 35.7. The van der Waals surface area contributed by atoms with Crippen LogP contribution in [0.15, 0.2) is 91.0 Å². The van der Waals surface area contributed by atoms with Crippen LogP contribution in [0, 0.1) is 11.8 Å². The predicted molar refractivity (Wildman–Crippen MR) is 314 cm³/mol. The number of nitrogens with zero attached hydrogens (tertiary/aromatic N) is 1. The van der Waals surface area contributed by atoms with Crippen molar-refractivity contribution in [3.8, 4) is 0 Å². The van der Waals surface area contributed by atoms with Crippen molar-refractivity contribution in [1.82, 2.24) is 36.8 Å². The Morgan fingerprint density at radius 2 is 1.17 bits per heavy atom. The number of aliphatic carboxylic acids is 1. The van der Waals surface area contributed by atoms with Gasteiger partial charge in [-0.3, -0.25) is 47.4 Å². The summed E-state index contributed by atoms with van der Waals surface area (Å²) in [5.41, 5.74) is 0.154. The van der Waals surface area contributed by atoms with Gasteiger partial charge in [0.15, 0.2) is 5.78 Å². The van der Waals surface area contributed by atoms with Gasteiger partial charge >= 0.3 is 5.97 Å². The third-order valence-corrected chi connectivity index (χ3v) is 15.2. The van der Waals surface area contributed by atoms with Gasteiger partial charge in [-0.25, -0.2) is 0 Å². The molecule has 0 aromatic heterocycles. The number of unbranched alkanes of at least 4 members (excludes halogenated alkanes) is 3. The van der Waals surface area contributed by atoms with E-state index in [0.29, 0.717) is 70.4 Å². The highest BCUT2D eigenvalue weighted by molar-refractivity contribution is 7.86. The Bertz CT molecular complexity index is 2620. The van der Waals surface area contributed by atoms with Gasteiger partial charge in [-0.2, -0.15) is 8.42 Å². The van der Waals surface area contributed by atoms with Crippen molar-refractivity contribution in [1.29, 1.82) is 0 Å². The number of hydrogen-bond donors (Lipinski definition) is 8. The van der Waals surface area contributed by atoms with Gasteiger partial charge < -0.3 is 46.9 Å². The minimum Gasteiger partial charge on any atom is -0.481 e.